The molecule has 0 radical (unpaired) electrons. The molecule has 38 heavy (non-hydrogen) atoms. The van der Waals surface area contributed by atoms with Crippen molar-refractivity contribution >= 4 is 45.0 Å². The van der Waals surface area contributed by atoms with Crippen LogP contribution in [0.25, 0.3) is 21.7 Å². The van der Waals surface area contributed by atoms with Gasteiger partial charge in [-0.05, 0) is 43.0 Å². The molecule has 0 aliphatic carbocycles. The van der Waals surface area contributed by atoms with Crippen LogP contribution < -0.4 is 5.56 Å². The van der Waals surface area contributed by atoms with Crippen molar-refractivity contribution in [3.8, 4) is 5.69 Å². The van der Waals surface area contributed by atoms with Gasteiger partial charge in [0.15, 0.2) is 5.16 Å². The van der Waals surface area contributed by atoms with Crippen LogP contribution in [0.2, 0.25) is 0 Å². The van der Waals surface area contributed by atoms with Gasteiger partial charge in [-0.25, -0.2) is 8.97 Å². The Labute approximate surface area is 228 Å². The van der Waals surface area contributed by atoms with Crippen molar-refractivity contribution in [2.75, 3.05) is 26.3 Å². The highest BCUT2D eigenvalue weighted by Gasteiger charge is 2.31. The van der Waals surface area contributed by atoms with Crippen molar-refractivity contribution in [2.24, 2.45) is 5.92 Å². The molecular formula is C27H31N5O4S2. The number of aromatic nitrogens is 4. The van der Waals surface area contributed by atoms with E-state index in [4.69, 9.17) is 9.47 Å². The van der Waals surface area contributed by atoms with Crippen molar-refractivity contribution in [1.29, 1.82) is 0 Å². The van der Waals surface area contributed by atoms with Gasteiger partial charge in [0.1, 0.15) is 4.83 Å². The van der Waals surface area contributed by atoms with Crippen LogP contribution >= 0.6 is 23.1 Å². The summed E-state index contributed by atoms with van der Waals surface area (Å²) < 4.78 is 15.2. The molecule has 2 atom stereocenters. The predicted molar refractivity (Wildman–Crippen MR) is 149 cm³/mol. The van der Waals surface area contributed by atoms with Gasteiger partial charge < -0.3 is 14.4 Å². The molecule has 3 aromatic heterocycles. The summed E-state index contributed by atoms with van der Waals surface area (Å²) in [7, 11) is 0. The zero-order chi connectivity index (χ0) is 26.6. The van der Waals surface area contributed by atoms with E-state index in [1.807, 2.05) is 47.4 Å². The number of carbonyl (C=O) groups excluding carboxylic acids is 1. The van der Waals surface area contributed by atoms with Crippen LogP contribution in [0.4, 0.5) is 0 Å². The molecule has 1 aromatic carbocycles. The molecule has 9 nitrogen and oxygen atoms in total. The van der Waals surface area contributed by atoms with E-state index in [-0.39, 0.29) is 22.8 Å². The quantitative estimate of drug-likeness (QED) is 0.347. The van der Waals surface area contributed by atoms with Crippen LogP contribution in [0.15, 0.2) is 34.2 Å². The maximum atomic E-state index is 14.2. The number of amides is 1. The molecule has 5 heterocycles. The Kier molecular flexibility index (Phi) is 6.79. The highest BCUT2D eigenvalue weighted by molar-refractivity contribution is 8.00. The number of hydrogen-bond donors (Lipinski definition) is 0. The van der Waals surface area contributed by atoms with E-state index < -0.39 is 0 Å². The first-order chi connectivity index (χ1) is 18.3. The number of morpholine rings is 1. The zero-order valence-electron chi connectivity index (χ0n) is 22.0. The van der Waals surface area contributed by atoms with E-state index in [9.17, 15) is 9.59 Å². The third-order valence-electron chi connectivity index (χ3n) is 7.30. The summed E-state index contributed by atoms with van der Waals surface area (Å²) in [5.41, 5.74) is 2.76. The summed E-state index contributed by atoms with van der Waals surface area (Å²) in [5.74, 6) is 0.840. The average Bonchev–Trinajstić information content (AvgIpc) is 3.50. The average molecular weight is 554 g/mol. The molecule has 2 aliphatic heterocycles. The molecule has 0 spiro atoms. The number of hydrogen-bond acceptors (Lipinski definition) is 8. The fourth-order valence-corrected chi connectivity index (χ4v) is 7.42. The third-order valence-corrected chi connectivity index (χ3v) is 9.52. The van der Waals surface area contributed by atoms with Crippen LogP contribution in [0.3, 0.4) is 0 Å². The Hall–Kier alpha value is -2.73. The van der Waals surface area contributed by atoms with E-state index in [1.54, 1.807) is 15.9 Å². The van der Waals surface area contributed by atoms with Gasteiger partial charge >= 0.3 is 0 Å². The van der Waals surface area contributed by atoms with Crippen molar-refractivity contribution in [3.63, 3.8) is 0 Å². The van der Waals surface area contributed by atoms with Gasteiger partial charge in [-0.15, -0.1) is 21.5 Å². The lowest BCUT2D eigenvalue weighted by Crippen LogP contribution is -2.44. The van der Waals surface area contributed by atoms with Crippen molar-refractivity contribution < 1.29 is 14.3 Å². The minimum Gasteiger partial charge on any atom is -0.378 e. The molecule has 1 amide bonds. The van der Waals surface area contributed by atoms with E-state index in [0.29, 0.717) is 61.6 Å². The molecule has 1 saturated heterocycles. The van der Waals surface area contributed by atoms with Crippen molar-refractivity contribution in [2.45, 2.75) is 57.2 Å². The number of carbonyl (C=O) groups is 1. The number of benzene rings is 1. The molecule has 2 aliphatic rings. The standard InChI is InChI=1S/C27H31N5O4S2/c1-15(2)20-13-19-21(14-36-20)38-25-22(19)24(34)31(18-7-5-6-16(3)12-18)26-28-29-27(32(25)26)37-17(4)23(33)30-8-10-35-11-9-30/h5-7,12,15,17,20H,8-11,13-14H2,1-4H3/t17-,20+/m0/s1. The van der Waals surface area contributed by atoms with Crippen LogP contribution in [-0.4, -0.2) is 67.6 Å². The van der Waals surface area contributed by atoms with Gasteiger partial charge in [0.25, 0.3) is 5.56 Å². The molecule has 200 valence electrons. The summed E-state index contributed by atoms with van der Waals surface area (Å²) in [6, 6.07) is 7.85. The largest absolute Gasteiger partial charge is 0.378 e. The van der Waals surface area contributed by atoms with E-state index in [0.717, 1.165) is 26.5 Å². The smallest absolute Gasteiger partial charge is 0.268 e. The van der Waals surface area contributed by atoms with Crippen molar-refractivity contribution in [3.05, 3.63) is 50.6 Å². The Balaban J connectivity index is 1.53. The van der Waals surface area contributed by atoms with E-state index in [1.165, 1.54) is 11.8 Å². The lowest BCUT2D eigenvalue weighted by Gasteiger charge is -2.28. The fourth-order valence-electron chi connectivity index (χ4n) is 5.19. The molecule has 4 aromatic rings. The Morgan fingerprint density at radius 3 is 2.71 bits per heavy atom. The molecule has 0 bridgehead atoms. The number of fused-ring (bicyclic) bond motifs is 5. The first-order valence-electron chi connectivity index (χ1n) is 13.0. The highest BCUT2D eigenvalue weighted by atomic mass is 32.2. The number of rotatable bonds is 5. The Morgan fingerprint density at radius 1 is 1.18 bits per heavy atom. The summed E-state index contributed by atoms with van der Waals surface area (Å²) in [4.78, 5) is 31.1. The molecule has 1 fully saturated rings. The van der Waals surface area contributed by atoms with E-state index >= 15 is 0 Å². The summed E-state index contributed by atoms with van der Waals surface area (Å²) >= 11 is 2.94. The van der Waals surface area contributed by atoms with Crippen LogP contribution in [-0.2, 0) is 27.3 Å². The third kappa shape index (κ3) is 4.35. The molecular weight excluding hydrogens is 522 g/mol. The molecule has 6 rings (SSSR count). The van der Waals surface area contributed by atoms with Crippen molar-refractivity contribution in [1.82, 2.24) is 24.1 Å². The fraction of sp³-hybridized carbons (Fsp3) is 0.481. The summed E-state index contributed by atoms with van der Waals surface area (Å²) in [5, 5.41) is 9.93. The molecule has 0 saturated carbocycles. The van der Waals surface area contributed by atoms with Gasteiger partial charge in [0.05, 0.1) is 42.2 Å². The SMILES string of the molecule is Cc1cccc(-n2c(=O)c3c4c(sc3n3c(S[C@@H](C)C(=O)N5CCOCC5)nnc23)CO[C@@H](C(C)C)C4)c1. The summed E-state index contributed by atoms with van der Waals surface area (Å²) in [6.45, 7) is 11.0. The molecule has 11 heteroatoms. The summed E-state index contributed by atoms with van der Waals surface area (Å²) in [6.07, 6.45) is 0.752. The lowest BCUT2D eigenvalue weighted by atomic mass is 9.96. The zero-order valence-corrected chi connectivity index (χ0v) is 23.6. The maximum Gasteiger partial charge on any atom is 0.268 e. The van der Waals surface area contributed by atoms with Crippen LogP contribution in [0.1, 0.15) is 36.8 Å². The number of ether oxygens (including phenoxy) is 2. The monoisotopic (exact) mass is 553 g/mol. The number of thioether (sulfide) groups is 1. The Bertz CT molecular complexity index is 1580. The second kappa shape index (κ2) is 10.1. The van der Waals surface area contributed by atoms with Crippen LogP contribution in [0, 0.1) is 12.8 Å². The van der Waals surface area contributed by atoms with Gasteiger partial charge in [-0.3, -0.25) is 9.59 Å². The maximum absolute atomic E-state index is 14.2. The Morgan fingerprint density at radius 2 is 1.97 bits per heavy atom. The minimum absolute atomic E-state index is 0.0527. The van der Waals surface area contributed by atoms with Gasteiger partial charge in [0.2, 0.25) is 11.7 Å². The van der Waals surface area contributed by atoms with Crippen LogP contribution in [0.5, 0.6) is 0 Å². The van der Waals surface area contributed by atoms with E-state index in [2.05, 4.69) is 24.0 Å². The normalized spacial score (nSPS) is 18.9. The second-order valence-electron chi connectivity index (χ2n) is 10.3. The van der Waals surface area contributed by atoms with Gasteiger partial charge in [-0.2, -0.15) is 0 Å². The predicted octanol–water partition coefficient (Wildman–Crippen LogP) is 3.84. The number of nitrogens with zero attached hydrogens (tertiary/aromatic N) is 5. The number of thiophene rings is 1. The molecule has 0 unspecified atom stereocenters. The first-order valence-corrected chi connectivity index (χ1v) is 14.7. The van der Waals surface area contributed by atoms with Gasteiger partial charge in [0, 0.05) is 24.4 Å². The minimum atomic E-state index is -0.363. The topological polar surface area (TPSA) is 91.0 Å². The molecule has 0 N–H and O–H groups in total. The second-order valence-corrected chi connectivity index (χ2v) is 12.7. The van der Waals surface area contributed by atoms with Gasteiger partial charge in [-0.1, -0.05) is 37.7 Å². The number of aryl methyl sites for hydroxylation is 1. The lowest BCUT2D eigenvalue weighted by molar-refractivity contribution is -0.134. The highest BCUT2D eigenvalue weighted by Crippen LogP contribution is 2.38. The first kappa shape index (κ1) is 25.5.